The smallest absolute Gasteiger partial charge is 0.142 e. The normalized spacial score (nSPS) is 10.1. The zero-order valence-corrected chi connectivity index (χ0v) is 12.6. The minimum absolute atomic E-state index is 0.245. The molecule has 0 fully saturated rings. The first-order valence-electron chi connectivity index (χ1n) is 5.80. The predicted octanol–water partition coefficient (Wildman–Crippen LogP) is 5.18. The number of hydrogen-bond donors (Lipinski definition) is 0. The van der Waals surface area contributed by atoms with Crippen LogP contribution in [0.5, 0.6) is 5.75 Å². The fourth-order valence-electron chi connectivity index (χ4n) is 1.78. The molecule has 2 nitrogen and oxygen atoms in total. The second-order valence-electron chi connectivity index (χ2n) is 4.07. The monoisotopic (exact) mass is 325 g/mol. The number of halogens is 3. The van der Waals surface area contributed by atoms with Crippen molar-refractivity contribution in [3.8, 4) is 11.8 Å². The minimum Gasteiger partial charge on any atom is -0.487 e. The Hall–Kier alpha value is -1.40. The van der Waals surface area contributed by atoms with Crippen molar-refractivity contribution >= 4 is 34.8 Å². The summed E-state index contributed by atoms with van der Waals surface area (Å²) in [7, 11) is 0. The molecule has 0 amide bonds. The van der Waals surface area contributed by atoms with Gasteiger partial charge in [0.25, 0.3) is 0 Å². The van der Waals surface area contributed by atoms with E-state index in [1.165, 1.54) is 0 Å². The van der Waals surface area contributed by atoms with Crippen LogP contribution in [0.25, 0.3) is 0 Å². The molecule has 0 heterocycles. The van der Waals surface area contributed by atoms with Gasteiger partial charge in [0.15, 0.2) is 0 Å². The molecule has 5 heteroatoms. The van der Waals surface area contributed by atoms with Gasteiger partial charge < -0.3 is 4.74 Å². The Morgan fingerprint density at radius 2 is 1.85 bits per heavy atom. The first-order valence-corrected chi connectivity index (χ1v) is 7.09. The maximum absolute atomic E-state index is 9.04. The van der Waals surface area contributed by atoms with E-state index < -0.39 is 0 Å². The Morgan fingerprint density at radius 3 is 2.55 bits per heavy atom. The number of ether oxygens (including phenoxy) is 1. The zero-order chi connectivity index (χ0) is 14.5. The number of benzene rings is 2. The molecule has 0 aliphatic carbocycles. The van der Waals surface area contributed by atoms with Gasteiger partial charge in [0.2, 0.25) is 0 Å². The number of hydrogen-bond acceptors (Lipinski definition) is 2. The fourth-order valence-corrected chi connectivity index (χ4v) is 2.57. The van der Waals surface area contributed by atoms with Gasteiger partial charge in [-0.3, -0.25) is 0 Å². The van der Waals surface area contributed by atoms with Crippen molar-refractivity contribution in [1.82, 2.24) is 0 Å². The molecule has 0 saturated carbocycles. The molecule has 102 valence electrons. The van der Waals surface area contributed by atoms with Crippen molar-refractivity contribution in [3.05, 3.63) is 63.1 Å². The van der Waals surface area contributed by atoms with Crippen molar-refractivity contribution in [2.75, 3.05) is 0 Å². The Morgan fingerprint density at radius 1 is 1.10 bits per heavy atom. The Labute approximate surface area is 132 Å². The molecule has 2 rings (SSSR count). The lowest BCUT2D eigenvalue weighted by Crippen LogP contribution is -2.01. The van der Waals surface area contributed by atoms with Crippen molar-refractivity contribution < 1.29 is 4.74 Å². The second-order valence-corrected chi connectivity index (χ2v) is 5.18. The van der Waals surface area contributed by atoms with Gasteiger partial charge in [0.1, 0.15) is 12.4 Å². The average molecular weight is 327 g/mol. The summed E-state index contributed by atoms with van der Waals surface area (Å²) in [6.07, 6.45) is 0. The molecule has 0 aliphatic heterocycles. The van der Waals surface area contributed by atoms with Crippen LogP contribution in [-0.4, -0.2) is 0 Å². The van der Waals surface area contributed by atoms with E-state index in [0.29, 0.717) is 21.4 Å². The van der Waals surface area contributed by atoms with Crippen LogP contribution >= 0.6 is 34.8 Å². The van der Waals surface area contributed by atoms with Crippen molar-refractivity contribution in [2.24, 2.45) is 0 Å². The third-order valence-corrected chi connectivity index (χ3v) is 3.53. The Balaban J connectivity index is 2.25. The molecule has 0 aromatic heterocycles. The standard InChI is InChI=1S/C15H10Cl3NO/c16-7-12-5-13(17)6-14(18)15(12)20-9-11-4-2-1-3-10(11)8-19/h1-6H,7,9H2. The topological polar surface area (TPSA) is 33.0 Å². The largest absolute Gasteiger partial charge is 0.487 e. The van der Waals surface area contributed by atoms with E-state index in [-0.39, 0.29) is 12.5 Å². The molecule has 2 aromatic carbocycles. The molecule has 0 aliphatic rings. The molecule has 2 aromatic rings. The van der Waals surface area contributed by atoms with Crippen LogP contribution < -0.4 is 4.74 Å². The van der Waals surface area contributed by atoms with Crippen LogP contribution in [-0.2, 0) is 12.5 Å². The van der Waals surface area contributed by atoms with E-state index >= 15 is 0 Å². The van der Waals surface area contributed by atoms with Crippen molar-refractivity contribution in [2.45, 2.75) is 12.5 Å². The molecule has 0 spiro atoms. The van der Waals surface area contributed by atoms with Gasteiger partial charge in [-0.05, 0) is 18.2 Å². The summed E-state index contributed by atoms with van der Waals surface area (Å²) in [6, 6.07) is 12.7. The Bertz CT molecular complexity index is 665. The molecule has 0 N–H and O–H groups in total. The lowest BCUT2D eigenvalue weighted by atomic mass is 10.1. The molecule has 0 radical (unpaired) electrons. The zero-order valence-electron chi connectivity index (χ0n) is 10.4. The summed E-state index contributed by atoms with van der Waals surface area (Å²) >= 11 is 17.9. The van der Waals surface area contributed by atoms with Gasteiger partial charge in [-0.15, -0.1) is 11.6 Å². The van der Waals surface area contributed by atoms with Crippen LogP contribution in [0.15, 0.2) is 36.4 Å². The molecule has 0 bridgehead atoms. The number of rotatable bonds is 4. The highest BCUT2D eigenvalue weighted by Gasteiger charge is 2.11. The molecule has 0 saturated heterocycles. The highest BCUT2D eigenvalue weighted by Crippen LogP contribution is 2.34. The summed E-state index contributed by atoms with van der Waals surface area (Å²) in [4.78, 5) is 0. The summed E-state index contributed by atoms with van der Waals surface area (Å²) < 4.78 is 5.72. The van der Waals surface area contributed by atoms with Crippen molar-refractivity contribution in [3.63, 3.8) is 0 Å². The molecule has 0 atom stereocenters. The molecule has 20 heavy (non-hydrogen) atoms. The third-order valence-electron chi connectivity index (χ3n) is 2.74. The van der Waals surface area contributed by atoms with Crippen LogP contribution in [0.2, 0.25) is 10.0 Å². The number of nitrogens with zero attached hydrogens (tertiary/aromatic N) is 1. The van der Waals surface area contributed by atoms with E-state index in [4.69, 9.17) is 44.8 Å². The van der Waals surface area contributed by atoms with E-state index in [1.54, 1.807) is 18.2 Å². The van der Waals surface area contributed by atoms with E-state index in [1.807, 2.05) is 18.2 Å². The Kier molecular flexibility index (Phi) is 5.14. The van der Waals surface area contributed by atoms with Crippen LogP contribution in [0.1, 0.15) is 16.7 Å². The summed E-state index contributed by atoms with van der Waals surface area (Å²) in [6.45, 7) is 0.245. The highest BCUT2D eigenvalue weighted by molar-refractivity contribution is 6.36. The van der Waals surface area contributed by atoms with Gasteiger partial charge in [0.05, 0.1) is 22.5 Å². The number of nitriles is 1. The summed E-state index contributed by atoms with van der Waals surface area (Å²) in [5.41, 5.74) is 2.09. The van der Waals surface area contributed by atoms with Gasteiger partial charge in [-0.2, -0.15) is 5.26 Å². The van der Waals surface area contributed by atoms with Crippen LogP contribution in [0.3, 0.4) is 0 Å². The van der Waals surface area contributed by atoms with E-state index in [0.717, 1.165) is 11.1 Å². The third kappa shape index (κ3) is 3.37. The van der Waals surface area contributed by atoms with Gasteiger partial charge in [-0.25, -0.2) is 0 Å². The summed E-state index contributed by atoms with van der Waals surface area (Å²) in [5, 5.41) is 9.95. The maximum atomic E-state index is 9.04. The van der Waals surface area contributed by atoms with Crippen LogP contribution in [0, 0.1) is 11.3 Å². The van der Waals surface area contributed by atoms with Gasteiger partial charge >= 0.3 is 0 Å². The van der Waals surface area contributed by atoms with Gasteiger partial charge in [0, 0.05) is 16.1 Å². The van der Waals surface area contributed by atoms with Gasteiger partial charge in [-0.1, -0.05) is 41.4 Å². The van der Waals surface area contributed by atoms with E-state index in [2.05, 4.69) is 6.07 Å². The second kappa shape index (κ2) is 6.85. The maximum Gasteiger partial charge on any atom is 0.142 e. The fraction of sp³-hybridized carbons (Fsp3) is 0.133. The quantitative estimate of drug-likeness (QED) is 0.725. The lowest BCUT2D eigenvalue weighted by Gasteiger charge is -2.13. The van der Waals surface area contributed by atoms with E-state index in [9.17, 15) is 0 Å². The first-order chi connectivity index (χ1) is 9.65. The number of alkyl halides is 1. The molecular formula is C15H10Cl3NO. The lowest BCUT2D eigenvalue weighted by molar-refractivity contribution is 0.303. The van der Waals surface area contributed by atoms with Crippen molar-refractivity contribution in [1.29, 1.82) is 5.26 Å². The minimum atomic E-state index is 0.245. The van der Waals surface area contributed by atoms with Crippen LogP contribution in [0.4, 0.5) is 0 Å². The average Bonchev–Trinajstić information content (AvgIpc) is 2.45. The highest BCUT2D eigenvalue weighted by atomic mass is 35.5. The molecular weight excluding hydrogens is 317 g/mol. The summed E-state index contributed by atoms with van der Waals surface area (Å²) in [5.74, 6) is 0.744. The first kappa shape index (κ1) is 15.0. The SMILES string of the molecule is N#Cc1ccccc1COc1c(Cl)cc(Cl)cc1CCl. The molecule has 0 unspecified atom stereocenters. The predicted molar refractivity (Wildman–Crippen MR) is 81.5 cm³/mol.